The summed E-state index contributed by atoms with van der Waals surface area (Å²) in [5.41, 5.74) is 4.58. The molecule has 3 heterocycles. The van der Waals surface area contributed by atoms with Gasteiger partial charge in [0.25, 0.3) is 0 Å². The SMILES string of the molecule is CCn1nc2c(c1Cl)CSc1c(C)cc(C(=O)C3C(=O)CC4(CC3=O)OO4)c(C)c1-2.[KH]. The molecule has 1 saturated heterocycles. The molecule has 2 aromatic rings. The van der Waals surface area contributed by atoms with Gasteiger partial charge in [-0.1, -0.05) is 11.6 Å². The van der Waals surface area contributed by atoms with Crippen molar-refractivity contribution in [2.45, 2.75) is 56.6 Å². The number of fused-ring (bicyclic) bond motifs is 3. The quantitative estimate of drug-likeness (QED) is 0.216. The Kier molecular flexibility index (Phi) is 6.48. The predicted octanol–water partition coefficient (Wildman–Crippen LogP) is 3.19. The number of benzene rings is 1. The molecule has 0 unspecified atom stereocenters. The fourth-order valence-corrected chi connectivity index (χ4v) is 6.02. The average molecular weight is 487 g/mol. The molecule has 2 aliphatic heterocycles. The van der Waals surface area contributed by atoms with Gasteiger partial charge in [-0.2, -0.15) is 14.9 Å². The van der Waals surface area contributed by atoms with E-state index in [0.717, 1.165) is 27.3 Å². The van der Waals surface area contributed by atoms with Crippen LogP contribution in [-0.2, 0) is 31.7 Å². The van der Waals surface area contributed by atoms with Crippen molar-refractivity contribution in [3.63, 3.8) is 0 Å². The van der Waals surface area contributed by atoms with Gasteiger partial charge in [0.15, 0.2) is 17.3 Å². The fraction of sp³-hybridized carbons (Fsp3) is 0.429. The molecule has 1 aromatic heterocycles. The Morgan fingerprint density at radius 1 is 1.29 bits per heavy atom. The van der Waals surface area contributed by atoms with E-state index in [1.807, 2.05) is 20.8 Å². The van der Waals surface area contributed by atoms with E-state index in [1.54, 1.807) is 22.5 Å². The summed E-state index contributed by atoms with van der Waals surface area (Å²) < 4.78 is 1.74. The van der Waals surface area contributed by atoms with Gasteiger partial charge in [-0.3, -0.25) is 19.1 Å². The maximum atomic E-state index is 13.4. The number of ketones is 3. The number of rotatable bonds is 3. The first-order chi connectivity index (χ1) is 14.3. The zero-order chi connectivity index (χ0) is 21.4. The summed E-state index contributed by atoms with van der Waals surface area (Å²) in [5, 5.41) is 5.28. The van der Waals surface area contributed by atoms with E-state index in [1.165, 1.54) is 0 Å². The van der Waals surface area contributed by atoms with Gasteiger partial charge in [-0.15, -0.1) is 11.8 Å². The first kappa shape index (κ1) is 23.8. The fourth-order valence-electron chi connectivity index (χ4n) is 4.38. The third-order valence-corrected chi connectivity index (χ3v) is 7.65. The molecule has 2 fully saturated rings. The van der Waals surface area contributed by atoms with Crippen LogP contribution in [0.3, 0.4) is 0 Å². The minimum atomic E-state index is -1.31. The second-order valence-electron chi connectivity index (χ2n) is 7.95. The summed E-state index contributed by atoms with van der Waals surface area (Å²) in [6, 6.07) is 1.78. The molecule has 1 spiro atoms. The Bertz CT molecular complexity index is 1140. The molecule has 0 radical (unpaired) electrons. The van der Waals surface area contributed by atoms with Crippen LogP contribution in [0.1, 0.15) is 46.8 Å². The van der Waals surface area contributed by atoms with Crippen LogP contribution in [0.25, 0.3) is 11.3 Å². The summed E-state index contributed by atoms with van der Waals surface area (Å²) in [5.74, 6) is -3.14. The molecule has 0 atom stereocenters. The van der Waals surface area contributed by atoms with E-state index in [2.05, 4.69) is 5.10 Å². The van der Waals surface area contributed by atoms with Crippen molar-refractivity contribution in [3.8, 4) is 11.3 Å². The van der Waals surface area contributed by atoms with E-state index in [4.69, 9.17) is 21.4 Å². The van der Waals surface area contributed by atoms with Gasteiger partial charge in [0.2, 0.25) is 5.79 Å². The van der Waals surface area contributed by atoms with Gasteiger partial charge in [-0.05, 0) is 38.0 Å². The second kappa shape index (κ2) is 8.45. The molecule has 0 bridgehead atoms. The van der Waals surface area contributed by atoms with Crippen molar-refractivity contribution in [2.75, 3.05) is 0 Å². The Morgan fingerprint density at radius 2 is 1.94 bits per heavy atom. The number of aryl methyl sites for hydroxylation is 2. The van der Waals surface area contributed by atoms with Crippen molar-refractivity contribution >= 4 is 92.1 Å². The molecule has 0 amide bonds. The minimum absolute atomic E-state index is 0. The molecular weight excluding hydrogens is 467 g/mol. The first-order valence-electron chi connectivity index (χ1n) is 9.75. The summed E-state index contributed by atoms with van der Waals surface area (Å²) in [6.07, 6.45) is -0.177. The van der Waals surface area contributed by atoms with Crippen LogP contribution < -0.4 is 0 Å². The standard InChI is InChI=1S/C21H19ClN2O5S.K.H/c1-4-24-20(22)12-8-30-19-9(2)5-11(10(3)15(19)17(12)23-24)18(27)16-13(25)6-21(28-29-21)7-14(16)26;;/h5,16H,4,6-8H2,1-3H3;;. The molecular formula is C21H20ClKN2O5S. The van der Waals surface area contributed by atoms with E-state index < -0.39 is 29.1 Å². The van der Waals surface area contributed by atoms with Crippen molar-refractivity contribution in [2.24, 2.45) is 5.92 Å². The Hall–Kier alpha value is -0.364. The van der Waals surface area contributed by atoms with Crippen LogP contribution in [0.5, 0.6) is 0 Å². The third-order valence-electron chi connectivity index (χ3n) is 5.98. The second-order valence-corrected chi connectivity index (χ2v) is 9.30. The number of halogens is 1. The maximum absolute atomic E-state index is 13.4. The van der Waals surface area contributed by atoms with Gasteiger partial charge in [-0.25, -0.2) is 0 Å². The first-order valence-corrected chi connectivity index (χ1v) is 11.1. The van der Waals surface area contributed by atoms with Gasteiger partial charge in [0.1, 0.15) is 11.1 Å². The van der Waals surface area contributed by atoms with Gasteiger partial charge in [0, 0.05) is 33.9 Å². The number of aromatic nitrogens is 2. The van der Waals surface area contributed by atoms with Crippen molar-refractivity contribution in [3.05, 3.63) is 33.5 Å². The molecule has 5 rings (SSSR count). The molecule has 3 aliphatic rings. The number of Topliss-reactive ketones (excluding diaryl/α,β-unsaturated/α-hetero) is 3. The Balaban J connectivity index is 0.00000231. The summed E-state index contributed by atoms with van der Waals surface area (Å²) in [6.45, 7) is 6.37. The molecule has 10 heteroatoms. The molecule has 1 saturated carbocycles. The number of hydrogen-bond donors (Lipinski definition) is 0. The molecule has 31 heavy (non-hydrogen) atoms. The zero-order valence-electron chi connectivity index (χ0n) is 16.7. The number of hydrogen-bond acceptors (Lipinski definition) is 7. The number of carbonyl (C=O) groups excluding carboxylic acids is 3. The van der Waals surface area contributed by atoms with Gasteiger partial charge < -0.3 is 0 Å². The van der Waals surface area contributed by atoms with E-state index >= 15 is 0 Å². The summed E-state index contributed by atoms with van der Waals surface area (Å²) >= 11 is 8.16. The van der Waals surface area contributed by atoms with Crippen LogP contribution >= 0.6 is 23.4 Å². The molecule has 158 valence electrons. The number of carbonyl (C=O) groups is 3. The third kappa shape index (κ3) is 3.76. The van der Waals surface area contributed by atoms with E-state index in [9.17, 15) is 14.4 Å². The Labute approximate surface area is 230 Å². The summed E-state index contributed by atoms with van der Waals surface area (Å²) in [4.78, 5) is 49.3. The number of nitrogens with zero attached hydrogens (tertiary/aromatic N) is 2. The van der Waals surface area contributed by atoms with Crippen molar-refractivity contribution in [1.82, 2.24) is 9.78 Å². The molecule has 1 aliphatic carbocycles. The average Bonchev–Trinajstić information content (AvgIpc) is 3.35. The topological polar surface area (TPSA) is 94.1 Å². The van der Waals surface area contributed by atoms with Crippen molar-refractivity contribution < 1.29 is 24.2 Å². The number of thioether (sulfide) groups is 1. The van der Waals surface area contributed by atoms with Crippen LogP contribution in [0, 0.1) is 19.8 Å². The zero-order valence-corrected chi connectivity index (χ0v) is 18.3. The van der Waals surface area contributed by atoms with Crippen molar-refractivity contribution in [1.29, 1.82) is 0 Å². The summed E-state index contributed by atoms with van der Waals surface area (Å²) in [7, 11) is 0. The van der Waals surface area contributed by atoms with Crippen LogP contribution in [0.2, 0.25) is 5.15 Å². The predicted molar refractivity (Wildman–Crippen MR) is 117 cm³/mol. The van der Waals surface area contributed by atoms with Gasteiger partial charge in [0.05, 0.1) is 18.5 Å². The molecule has 7 nitrogen and oxygen atoms in total. The Morgan fingerprint density at radius 3 is 2.52 bits per heavy atom. The van der Waals surface area contributed by atoms with Crippen LogP contribution in [0.15, 0.2) is 11.0 Å². The molecule has 0 N–H and O–H groups in total. The monoisotopic (exact) mass is 486 g/mol. The normalized spacial score (nSPS) is 19.1. The van der Waals surface area contributed by atoms with E-state index in [-0.39, 0.29) is 64.2 Å². The molecule has 1 aromatic carbocycles. The van der Waals surface area contributed by atoms with Gasteiger partial charge >= 0.3 is 51.4 Å². The van der Waals surface area contributed by atoms with Crippen LogP contribution in [-0.4, -0.2) is 84.3 Å². The van der Waals surface area contributed by atoms with E-state index in [0.29, 0.717) is 28.6 Å². The van der Waals surface area contributed by atoms with Crippen LogP contribution in [0.4, 0.5) is 0 Å².